The van der Waals surface area contributed by atoms with Gasteiger partial charge in [0.1, 0.15) is 11.6 Å². The maximum atomic E-state index is 13.8. The molecule has 1 heterocycles. The van der Waals surface area contributed by atoms with Crippen molar-refractivity contribution in [2.75, 3.05) is 18.2 Å². The first-order chi connectivity index (χ1) is 13.5. The maximum absolute atomic E-state index is 13.8. The molecule has 7 nitrogen and oxygen atoms in total. The molecule has 28 heavy (non-hydrogen) atoms. The Balaban J connectivity index is 1.61. The highest BCUT2D eigenvalue weighted by Crippen LogP contribution is 2.25. The van der Waals surface area contributed by atoms with E-state index in [1.165, 1.54) is 16.8 Å². The molecule has 3 aromatic rings. The molecule has 0 unspecified atom stereocenters. The molecule has 0 atom stereocenters. The summed E-state index contributed by atoms with van der Waals surface area (Å²) in [4.78, 5) is 12.0. The fourth-order valence-electron chi connectivity index (χ4n) is 2.29. The van der Waals surface area contributed by atoms with Crippen molar-refractivity contribution in [1.82, 2.24) is 5.27 Å². The zero-order valence-corrected chi connectivity index (χ0v) is 17.0. The standard InChI is InChI=1S/C18H15BrFN3O4S/c1-26-13-5-3-12(4-6-13)23-17(18(25)27-22-23)28-9-8-16(24)21-15-7-2-11(19)10-14(15)20/h2-7,10H,8-9H2,1H3,(H-,21,22,24,25). The van der Waals surface area contributed by atoms with Crippen molar-refractivity contribution in [3.05, 3.63) is 52.8 Å². The number of amides is 1. The third kappa shape index (κ3) is 4.82. The van der Waals surface area contributed by atoms with Gasteiger partial charge in [-0.25, -0.2) is 4.39 Å². The number of carbonyl (C=O) groups excluding carboxylic acids is 1. The third-order valence-electron chi connectivity index (χ3n) is 3.66. The van der Waals surface area contributed by atoms with Gasteiger partial charge in [0.25, 0.3) is 5.03 Å². The SMILES string of the molecule is COc1ccc(-[n+]2noc([O-])c2SCCC(=O)Nc2ccc(Br)cc2F)cc1. The summed E-state index contributed by atoms with van der Waals surface area (Å²) in [5, 5.41) is 18.4. The fraction of sp³-hybridized carbons (Fsp3) is 0.167. The van der Waals surface area contributed by atoms with E-state index in [0.29, 0.717) is 15.9 Å². The molecule has 146 valence electrons. The fourth-order valence-corrected chi connectivity index (χ4v) is 3.52. The Bertz CT molecular complexity index is 981. The van der Waals surface area contributed by atoms with Gasteiger partial charge in [0.2, 0.25) is 11.6 Å². The van der Waals surface area contributed by atoms with Crippen LogP contribution in [-0.4, -0.2) is 24.0 Å². The monoisotopic (exact) mass is 467 g/mol. The first-order valence-corrected chi connectivity index (χ1v) is 9.87. The highest BCUT2D eigenvalue weighted by Gasteiger charge is 2.21. The highest BCUT2D eigenvalue weighted by atomic mass is 79.9. The molecule has 0 aliphatic heterocycles. The minimum absolute atomic E-state index is 0.0768. The Morgan fingerprint density at radius 1 is 1.36 bits per heavy atom. The van der Waals surface area contributed by atoms with Crippen molar-refractivity contribution in [2.24, 2.45) is 0 Å². The Morgan fingerprint density at radius 2 is 2.11 bits per heavy atom. The van der Waals surface area contributed by atoms with Gasteiger partial charge < -0.3 is 19.7 Å². The lowest BCUT2D eigenvalue weighted by atomic mass is 10.3. The van der Waals surface area contributed by atoms with Gasteiger partial charge >= 0.3 is 0 Å². The molecule has 0 fully saturated rings. The molecule has 0 bridgehead atoms. The first kappa shape index (κ1) is 20.2. The normalized spacial score (nSPS) is 10.7. The van der Waals surface area contributed by atoms with Crippen LogP contribution in [0.4, 0.5) is 10.1 Å². The van der Waals surface area contributed by atoms with Crippen LogP contribution >= 0.6 is 27.7 Å². The molecule has 2 aromatic carbocycles. The van der Waals surface area contributed by atoms with Crippen LogP contribution in [0.15, 0.2) is 56.5 Å². The molecule has 0 aliphatic rings. The summed E-state index contributed by atoms with van der Waals surface area (Å²) in [7, 11) is 1.56. The number of nitrogens with one attached hydrogen (secondary N) is 1. The zero-order valence-electron chi connectivity index (χ0n) is 14.6. The van der Waals surface area contributed by atoms with E-state index in [9.17, 15) is 14.3 Å². The van der Waals surface area contributed by atoms with E-state index in [0.717, 1.165) is 11.8 Å². The van der Waals surface area contributed by atoms with Crippen molar-refractivity contribution >= 4 is 39.3 Å². The number of carbonyl (C=O) groups is 1. The maximum Gasteiger partial charge on any atom is 0.297 e. The van der Waals surface area contributed by atoms with Crippen LogP contribution in [0, 0.1) is 5.82 Å². The number of rotatable bonds is 7. The molecule has 0 aliphatic carbocycles. The molecule has 3 rings (SSSR count). The number of halogens is 2. The Morgan fingerprint density at radius 3 is 2.79 bits per heavy atom. The van der Waals surface area contributed by atoms with Crippen molar-refractivity contribution in [3.63, 3.8) is 0 Å². The molecule has 0 spiro atoms. The van der Waals surface area contributed by atoms with E-state index in [-0.39, 0.29) is 28.8 Å². The summed E-state index contributed by atoms with van der Waals surface area (Å²) in [6.45, 7) is 0. The molecule has 0 radical (unpaired) electrons. The van der Waals surface area contributed by atoms with Crippen LogP contribution in [0.1, 0.15) is 6.42 Å². The van der Waals surface area contributed by atoms with Gasteiger partial charge in [-0.15, -0.1) is 0 Å². The van der Waals surface area contributed by atoms with Gasteiger partial charge in [-0.05, 0) is 35.0 Å². The second kappa shape index (κ2) is 9.07. The van der Waals surface area contributed by atoms with Crippen molar-refractivity contribution in [1.29, 1.82) is 0 Å². The van der Waals surface area contributed by atoms with E-state index in [2.05, 4.69) is 26.5 Å². The van der Waals surface area contributed by atoms with Crippen LogP contribution in [-0.2, 0) is 4.79 Å². The zero-order chi connectivity index (χ0) is 20.1. The van der Waals surface area contributed by atoms with E-state index in [4.69, 9.17) is 9.26 Å². The van der Waals surface area contributed by atoms with Crippen LogP contribution < -0.4 is 19.8 Å². The summed E-state index contributed by atoms with van der Waals surface area (Å²) >= 11 is 4.29. The van der Waals surface area contributed by atoms with E-state index in [1.54, 1.807) is 37.4 Å². The second-order valence-electron chi connectivity index (χ2n) is 5.55. The topological polar surface area (TPSA) is 91.3 Å². The van der Waals surface area contributed by atoms with Gasteiger partial charge in [0.15, 0.2) is 5.95 Å². The van der Waals surface area contributed by atoms with Gasteiger partial charge in [0, 0.05) is 28.8 Å². The van der Waals surface area contributed by atoms with Crippen LogP contribution in [0.3, 0.4) is 0 Å². The molecule has 1 aromatic heterocycles. The summed E-state index contributed by atoms with van der Waals surface area (Å²) in [6.07, 6.45) is 0.0768. The van der Waals surface area contributed by atoms with Crippen LogP contribution in [0.2, 0.25) is 0 Å². The van der Waals surface area contributed by atoms with Gasteiger partial charge in [0.05, 0.1) is 18.1 Å². The quantitative estimate of drug-likeness (QED) is 0.424. The number of anilines is 1. The minimum Gasteiger partial charge on any atom is -0.538 e. The number of hydrogen-bond acceptors (Lipinski definition) is 6. The number of nitrogens with zero attached hydrogens (tertiary/aromatic N) is 2. The lowest BCUT2D eigenvalue weighted by Gasteiger charge is -2.06. The Kier molecular flexibility index (Phi) is 6.53. The van der Waals surface area contributed by atoms with Gasteiger partial charge in [-0.1, -0.05) is 27.7 Å². The molecule has 1 N–H and O–H groups in total. The van der Waals surface area contributed by atoms with Crippen LogP contribution in [0.5, 0.6) is 11.7 Å². The van der Waals surface area contributed by atoms with Gasteiger partial charge in [-0.3, -0.25) is 4.79 Å². The third-order valence-corrected chi connectivity index (χ3v) is 5.18. The van der Waals surface area contributed by atoms with E-state index < -0.39 is 11.8 Å². The smallest absolute Gasteiger partial charge is 0.297 e. The molecular formula is C18H15BrFN3O4S. The van der Waals surface area contributed by atoms with Gasteiger partial charge in [-0.2, -0.15) is 0 Å². The first-order valence-electron chi connectivity index (χ1n) is 8.09. The Hall–Kier alpha value is -2.59. The highest BCUT2D eigenvalue weighted by molar-refractivity contribution is 9.10. The van der Waals surface area contributed by atoms with E-state index in [1.807, 2.05) is 0 Å². The lowest BCUT2D eigenvalue weighted by molar-refractivity contribution is -0.705. The molecule has 0 saturated heterocycles. The van der Waals surface area contributed by atoms with Crippen LogP contribution in [0.25, 0.3) is 5.69 Å². The molecule has 10 heteroatoms. The molecule has 0 saturated carbocycles. The average Bonchev–Trinajstić information content (AvgIpc) is 3.05. The number of aromatic nitrogens is 2. The number of methoxy groups -OCH3 is 1. The predicted octanol–water partition coefficient (Wildman–Crippen LogP) is 3.06. The lowest BCUT2D eigenvalue weighted by Crippen LogP contribution is -2.34. The van der Waals surface area contributed by atoms with Crippen molar-refractivity contribution < 1.29 is 28.2 Å². The minimum atomic E-state index is -0.597. The number of ether oxygens (including phenoxy) is 1. The summed E-state index contributed by atoms with van der Waals surface area (Å²) in [5.41, 5.74) is 0.719. The average molecular weight is 468 g/mol. The number of thioether (sulfide) groups is 1. The molecular weight excluding hydrogens is 453 g/mol. The van der Waals surface area contributed by atoms with Crippen molar-refractivity contribution in [2.45, 2.75) is 11.4 Å². The summed E-state index contributed by atoms with van der Waals surface area (Å²) in [5.74, 6) is -0.542. The number of benzene rings is 2. The van der Waals surface area contributed by atoms with E-state index >= 15 is 0 Å². The predicted molar refractivity (Wildman–Crippen MR) is 102 cm³/mol. The largest absolute Gasteiger partial charge is 0.538 e. The summed E-state index contributed by atoms with van der Waals surface area (Å²) < 4.78 is 25.6. The summed E-state index contributed by atoms with van der Waals surface area (Å²) in [6, 6.07) is 11.3. The second-order valence-corrected chi connectivity index (χ2v) is 7.55. The number of hydrogen-bond donors (Lipinski definition) is 1. The van der Waals surface area contributed by atoms with Crippen molar-refractivity contribution in [3.8, 4) is 17.4 Å². The molecule has 1 amide bonds. The Labute approximate surface area is 172 Å².